The molecule has 0 fully saturated rings. The molecule has 286 valence electrons. The van der Waals surface area contributed by atoms with Crippen molar-refractivity contribution in [3.8, 4) is 11.5 Å². The van der Waals surface area contributed by atoms with Gasteiger partial charge in [-0.2, -0.15) is 13.2 Å². The first-order valence-corrected chi connectivity index (χ1v) is 18.0. The van der Waals surface area contributed by atoms with Gasteiger partial charge in [0, 0.05) is 6.42 Å². The number of aliphatic carboxylic acids is 3. The van der Waals surface area contributed by atoms with Gasteiger partial charge in [-0.25, -0.2) is 4.79 Å². The van der Waals surface area contributed by atoms with Crippen molar-refractivity contribution in [3.05, 3.63) is 83.5 Å². The van der Waals surface area contributed by atoms with Crippen molar-refractivity contribution >= 4 is 23.8 Å². The second-order valence-electron chi connectivity index (χ2n) is 12.9. The van der Waals surface area contributed by atoms with Crippen LogP contribution < -0.4 is 10.1 Å². The van der Waals surface area contributed by atoms with Crippen LogP contribution in [0.3, 0.4) is 0 Å². The van der Waals surface area contributed by atoms with Crippen molar-refractivity contribution in [2.24, 2.45) is 11.8 Å². The highest BCUT2D eigenvalue weighted by Gasteiger charge is 2.35. The van der Waals surface area contributed by atoms with Crippen LogP contribution >= 0.6 is 0 Å². The highest BCUT2D eigenvalue weighted by Crippen LogP contribution is 2.31. The molecule has 0 aliphatic heterocycles. The van der Waals surface area contributed by atoms with Crippen LogP contribution in [0.2, 0.25) is 0 Å². The van der Waals surface area contributed by atoms with E-state index >= 15 is 0 Å². The van der Waals surface area contributed by atoms with Gasteiger partial charge in [-0.05, 0) is 87.4 Å². The number of ether oxygens (including phenoxy) is 1. The van der Waals surface area contributed by atoms with E-state index in [4.69, 9.17) is 4.74 Å². The second-order valence-corrected chi connectivity index (χ2v) is 12.9. The molecule has 0 spiro atoms. The number of hydrogen-bond acceptors (Lipinski definition) is 5. The lowest BCUT2D eigenvalue weighted by Gasteiger charge is -2.22. The summed E-state index contributed by atoms with van der Waals surface area (Å²) in [5.74, 6) is -7.82. The molecule has 52 heavy (non-hydrogen) atoms. The number of hydrogen-bond donors (Lipinski definition) is 4. The standard InChI is InChI=1S/C40H52F3NO8/c1-3-5-6-9-12-15-28(4-2)16-13-10-7-8-11-14-17-33(34(38(48)49)27-36(45)46)37(47)44-35(39(50)51)26-29-18-22-31(23-19-29)52-32-24-20-30(21-25-32)40(41,42)43/h4,14,17-25,33-35H,3,5-13,15-16,26-27H2,1-2H3,(H,44,47)(H,45,46)(H,48,49)(H,50,51)/b17-14+,28-4?/t33-,34+,35-/m0/s1. The number of alkyl halides is 3. The molecule has 2 rings (SSSR count). The largest absolute Gasteiger partial charge is 0.481 e. The van der Waals surface area contributed by atoms with Crippen molar-refractivity contribution in [2.45, 2.75) is 116 Å². The summed E-state index contributed by atoms with van der Waals surface area (Å²) in [6.45, 7) is 4.28. The number of rotatable bonds is 25. The molecule has 1 amide bonds. The second kappa shape index (κ2) is 23.1. The summed E-state index contributed by atoms with van der Waals surface area (Å²) >= 11 is 0. The Balaban J connectivity index is 1.99. The highest BCUT2D eigenvalue weighted by atomic mass is 19.4. The molecule has 0 aliphatic rings. The molecule has 2 aromatic rings. The van der Waals surface area contributed by atoms with Gasteiger partial charge in [-0.15, -0.1) is 0 Å². The minimum absolute atomic E-state index is 0.159. The molecular weight excluding hydrogens is 679 g/mol. The van der Waals surface area contributed by atoms with E-state index in [0.29, 0.717) is 12.0 Å². The summed E-state index contributed by atoms with van der Waals surface area (Å²) in [6, 6.07) is 8.67. The third-order valence-electron chi connectivity index (χ3n) is 8.81. The van der Waals surface area contributed by atoms with Crippen LogP contribution in [0, 0.1) is 11.8 Å². The third kappa shape index (κ3) is 16.6. The number of unbranched alkanes of at least 4 members (excludes halogenated alkanes) is 8. The van der Waals surface area contributed by atoms with Gasteiger partial charge in [0.2, 0.25) is 5.91 Å². The molecule has 0 aromatic heterocycles. The maximum absolute atomic E-state index is 13.4. The Bertz CT molecular complexity index is 1470. The topological polar surface area (TPSA) is 150 Å². The van der Waals surface area contributed by atoms with Crippen molar-refractivity contribution in [2.75, 3.05) is 0 Å². The molecular formula is C40H52F3NO8. The van der Waals surface area contributed by atoms with Crippen LogP contribution in [-0.4, -0.2) is 45.2 Å². The SMILES string of the molecule is CC=C(CCCCCCC)CCCCCC/C=C/[C@H](C(=O)N[C@@H](Cc1ccc(Oc2ccc(C(F)(F)F)cc2)cc1)C(=O)O)[C@@H](CC(=O)O)C(=O)O. The summed E-state index contributed by atoms with van der Waals surface area (Å²) in [7, 11) is 0. The number of allylic oxidation sites excluding steroid dienone is 3. The Morgan fingerprint density at radius 2 is 1.35 bits per heavy atom. The van der Waals surface area contributed by atoms with E-state index in [1.54, 1.807) is 6.08 Å². The average Bonchev–Trinajstić information content (AvgIpc) is 3.09. The minimum atomic E-state index is -4.49. The van der Waals surface area contributed by atoms with E-state index in [2.05, 4.69) is 25.2 Å². The lowest BCUT2D eigenvalue weighted by Crippen LogP contribution is -2.47. The Kier molecular flexibility index (Phi) is 19.3. The van der Waals surface area contributed by atoms with Crippen LogP contribution in [0.15, 0.2) is 72.3 Å². The van der Waals surface area contributed by atoms with Crippen LogP contribution in [0.5, 0.6) is 11.5 Å². The zero-order valence-corrected chi connectivity index (χ0v) is 30.0. The van der Waals surface area contributed by atoms with Crippen molar-refractivity contribution in [3.63, 3.8) is 0 Å². The highest BCUT2D eigenvalue weighted by molar-refractivity contribution is 5.91. The van der Waals surface area contributed by atoms with Crippen LogP contribution in [0.1, 0.15) is 108 Å². The van der Waals surface area contributed by atoms with E-state index in [1.165, 1.54) is 80.2 Å². The molecule has 0 unspecified atom stereocenters. The number of amides is 1. The molecule has 12 heteroatoms. The van der Waals surface area contributed by atoms with Gasteiger partial charge in [0.25, 0.3) is 0 Å². The number of nitrogens with one attached hydrogen (secondary N) is 1. The summed E-state index contributed by atoms with van der Waals surface area (Å²) in [5.41, 5.74) is 1.12. The van der Waals surface area contributed by atoms with E-state index < -0.39 is 59.9 Å². The quantitative estimate of drug-likeness (QED) is 0.0583. The first-order valence-electron chi connectivity index (χ1n) is 18.0. The first kappa shape index (κ1) is 43.6. The smallest absolute Gasteiger partial charge is 0.416 e. The van der Waals surface area contributed by atoms with Gasteiger partial charge < -0.3 is 25.4 Å². The van der Waals surface area contributed by atoms with Crippen molar-refractivity contribution in [1.29, 1.82) is 0 Å². The van der Waals surface area contributed by atoms with Crippen LogP contribution in [-0.2, 0) is 31.8 Å². The molecule has 0 saturated carbocycles. The number of carbonyl (C=O) groups is 4. The first-order chi connectivity index (χ1) is 24.7. The van der Waals surface area contributed by atoms with Crippen LogP contribution in [0.4, 0.5) is 13.2 Å². The zero-order valence-electron chi connectivity index (χ0n) is 30.0. The Labute approximate surface area is 304 Å². The maximum atomic E-state index is 13.4. The predicted octanol–water partition coefficient (Wildman–Crippen LogP) is 9.60. The fourth-order valence-corrected chi connectivity index (χ4v) is 5.79. The molecule has 0 saturated heterocycles. The van der Waals surface area contributed by atoms with E-state index in [1.807, 2.05) is 0 Å². The lowest BCUT2D eigenvalue weighted by atomic mass is 9.87. The number of carboxylic acid groups (broad SMARTS) is 3. The van der Waals surface area contributed by atoms with Gasteiger partial charge in [-0.3, -0.25) is 14.4 Å². The summed E-state index contributed by atoms with van der Waals surface area (Å²) < 4.78 is 44.1. The molecule has 0 aliphatic carbocycles. The number of benzene rings is 2. The summed E-state index contributed by atoms with van der Waals surface area (Å²) in [5, 5.41) is 31.4. The normalized spacial score (nSPS) is 13.8. The van der Waals surface area contributed by atoms with Gasteiger partial charge in [0.1, 0.15) is 17.5 Å². The number of carbonyl (C=O) groups excluding carboxylic acids is 1. The average molecular weight is 732 g/mol. The fourth-order valence-electron chi connectivity index (χ4n) is 5.79. The summed E-state index contributed by atoms with van der Waals surface area (Å²) in [4.78, 5) is 49.0. The Morgan fingerprint density at radius 1 is 0.788 bits per heavy atom. The minimum Gasteiger partial charge on any atom is -0.481 e. The monoisotopic (exact) mass is 731 g/mol. The fraction of sp³-hybridized carbons (Fsp3) is 0.500. The van der Waals surface area contributed by atoms with Gasteiger partial charge >= 0.3 is 24.1 Å². The maximum Gasteiger partial charge on any atom is 0.416 e. The van der Waals surface area contributed by atoms with Crippen LogP contribution in [0.25, 0.3) is 0 Å². The number of carboxylic acids is 3. The molecule has 0 radical (unpaired) electrons. The summed E-state index contributed by atoms with van der Waals surface area (Å²) in [6.07, 6.45) is 12.5. The molecule has 0 bridgehead atoms. The van der Waals surface area contributed by atoms with Gasteiger partial charge in [-0.1, -0.05) is 81.4 Å². The zero-order chi connectivity index (χ0) is 38.5. The molecule has 3 atom stereocenters. The van der Waals surface area contributed by atoms with Gasteiger partial charge in [0.05, 0.1) is 23.8 Å². The van der Waals surface area contributed by atoms with E-state index in [-0.39, 0.29) is 17.9 Å². The van der Waals surface area contributed by atoms with Crippen molar-refractivity contribution < 1.29 is 52.4 Å². The van der Waals surface area contributed by atoms with Crippen molar-refractivity contribution in [1.82, 2.24) is 5.32 Å². The Hall–Kier alpha value is -4.61. The predicted molar refractivity (Wildman–Crippen MR) is 192 cm³/mol. The molecule has 2 aromatic carbocycles. The lowest BCUT2D eigenvalue weighted by molar-refractivity contribution is -0.152. The molecule has 4 N–H and O–H groups in total. The number of halogens is 3. The van der Waals surface area contributed by atoms with E-state index in [0.717, 1.165) is 50.7 Å². The molecule has 0 heterocycles. The van der Waals surface area contributed by atoms with Gasteiger partial charge in [0.15, 0.2) is 0 Å². The molecule has 9 nitrogen and oxygen atoms in total. The van der Waals surface area contributed by atoms with E-state index in [9.17, 15) is 47.7 Å². The Morgan fingerprint density at radius 3 is 1.85 bits per heavy atom. The third-order valence-corrected chi connectivity index (χ3v) is 8.81.